The van der Waals surface area contributed by atoms with E-state index >= 15 is 0 Å². The van der Waals surface area contributed by atoms with Gasteiger partial charge in [-0.1, -0.05) is 29.8 Å². The Labute approximate surface area is 103 Å². The number of hydrogen-bond acceptors (Lipinski definition) is 1. The van der Waals surface area contributed by atoms with Gasteiger partial charge < -0.3 is 4.74 Å². The molecule has 0 aromatic heterocycles. The van der Waals surface area contributed by atoms with E-state index in [9.17, 15) is 13.2 Å². The molecule has 96 valence electrons. The Morgan fingerprint density at radius 2 is 1.88 bits per heavy atom. The molecule has 1 aliphatic carbocycles. The Kier molecular flexibility index (Phi) is 4.69. The van der Waals surface area contributed by atoms with E-state index in [1.807, 2.05) is 0 Å². The van der Waals surface area contributed by atoms with Crippen LogP contribution in [-0.2, 0) is 4.74 Å². The van der Waals surface area contributed by atoms with E-state index in [-0.39, 0.29) is 18.1 Å². The number of ether oxygens (including phenoxy) is 1. The molecular formula is C11H18BrF3O. The van der Waals surface area contributed by atoms with Crippen LogP contribution in [0, 0.1) is 5.41 Å². The van der Waals surface area contributed by atoms with Crippen LogP contribution in [0.2, 0.25) is 0 Å². The first kappa shape index (κ1) is 14.3. The Balaban J connectivity index is 2.39. The van der Waals surface area contributed by atoms with Crippen LogP contribution in [0.15, 0.2) is 0 Å². The zero-order chi connectivity index (χ0) is 12.4. The third kappa shape index (κ3) is 2.92. The first-order valence-electron chi connectivity index (χ1n) is 5.68. The molecular weight excluding hydrogens is 285 g/mol. The molecule has 1 aliphatic rings. The fraction of sp³-hybridized carbons (Fsp3) is 1.00. The van der Waals surface area contributed by atoms with Gasteiger partial charge in [-0.3, -0.25) is 0 Å². The minimum atomic E-state index is -4.11. The van der Waals surface area contributed by atoms with E-state index in [0.717, 1.165) is 19.3 Å². The lowest BCUT2D eigenvalue weighted by Crippen LogP contribution is -2.55. The standard InChI is InChI=1S/C11H18BrF3O/c1-3-10(4-2)8(12)7-9(10)16-6-5-11(13,14)15/h8-9H,3-7H2,1-2H3. The van der Waals surface area contributed by atoms with E-state index in [1.54, 1.807) is 0 Å². The number of hydrogen-bond donors (Lipinski definition) is 0. The zero-order valence-electron chi connectivity index (χ0n) is 9.61. The molecule has 0 radical (unpaired) electrons. The normalized spacial score (nSPS) is 28.9. The van der Waals surface area contributed by atoms with Crippen molar-refractivity contribution < 1.29 is 17.9 Å². The quantitative estimate of drug-likeness (QED) is 0.688. The molecule has 5 heteroatoms. The highest BCUT2D eigenvalue weighted by molar-refractivity contribution is 9.09. The molecule has 0 spiro atoms. The summed E-state index contributed by atoms with van der Waals surface area (Å²) in [4.78, 5) is 0.380. The molecule has 16 heavy (non-hydrogen) atoms. The SMILES string of the molecule is CCC1(CC)C(Br)CC1OCCC(F)(F)F. The van der Waals surface area contributed by atoms with Crippen LogP contribution in [0.1, 0.15) is 39.5 Å². The predicted octanol–water partition coefficient (Wildman–Crippen LogP) is 4.30. The van der Waals surface area contributed by atoms with Crippen LogP contribution in [0.3, 0.4) is 0 Å². The summed E-state index contributed by atoms with van der Waals surface area (Å²) in [7, 11) is 0. The van der Waals surface area contributed by atoms with Crippen molar-refractivity contribution in [1.82, 2.24) is 0 Å². The Morgan fingerprint density at radius 3 is 2.25 bits per heavy atom. The second-order valence-corrected chi connectivity index (χ2v) is 5.47. The Morgan fingerprint density at radius 1 is 1.31 bits per heavy atom. The molecule has 1 fully saturated rings. The van der Waals surface area contributed by atoms with Crippen LogP contribution in [0.25, 0.3) is 0 Å². The number of rotatable bonds is 5. The fourth-order valence-electron chi connectivity index (χ4n) is 2.40. The largest absolute Gasteiger partial charge is 0.391 e. The first-order chi connectivity index (χ1) is 7.35. The molecule has 0 bridgehead atoms. The molecule has 1 saturated carbocycles. The lowest BCUT2D eigenvalue weighted by molar-refractivity contribution is -0.168. The van der Waals surface area contributed by atoms with Crippen molar-refractivity contribution >= 4 is 15.9 Å². The van der Waals surface area contributed by atoms with Gasteiger partial charge in [-0.25, -0.2) is 0 Å². The summed E-state index contributed by atoms with van der Waals surface area (Å²) >= 11 is 3.57. The fourth-order valence-corrected chi connectivity index (χ4v) is 3.68. The highest BCUT2D eigenvalue weighted by Gasteiger charge is 2.52. The van der Waals surface area contributed by atoms with Gasteiger partial charge in [0.1, 0.15) is 0 Å². The highest BCUT2D eigenvalue weighted by atomic mass is 79.9. The van der Waals surface area contributed by atoms with Crippen molar-refractivity contribution in [3.8, 4) is 0 Å². The van der Waals surface area contributed by atoms with Crippen LogP contribution < -0.4 is 0 Å². The lowest BCUT2D eigenvalue weighted by Gasteiger charge is -2.53. The van der Waals surface area contributed by atoms with Gasteiger partial charge in [0, 0.05) is 10.2 Å². The van der Waals surface area contributed by atoms with E-state index in [1.165, 1.54) is 0 Å². The Bertz CT molecular complexity index is 226. The van der Waals surface area contributed by atoms with Crippen LogP contribution in [0.4, 0.5) is 13.2 Å². The summed E-state index contributed by atoms with van der Waals surface area (Å²) in [5.74, 6) is 0. The van der Waals surface area contributed by atoms with Gasteiger partial charge in [0.05, 0.1) is 19.1 Å². The van der Waals surface area contributed by atoms with Crippen molar-refractivity contribution in [2.75, 3.05) is 6.61 Å². The predicted molar refractivity (Wildman–Crippen MR) is 60.8 cm³/mol. The molecule has 2 atom stereocenters. The lowest BCUT2D eigenvalue weighted by atomic mass is 9.62. The topological polar surface area (TPSA) is 9.23 Å². The first-order valence-corrected chi connectivity index (χ1v) is 6.59. The maximum absolute atomic E-state index is 12.0. The van der Waals surface area contributed by atoms with Crippen molar-refractivity contribution in [1.29, 1.82) is 0 Å². The molecule has 0 amide bonds. The van der Waals surface area contributed by atoms with E-state index in [0.29, 0.717) is 4.83 Å². The molecule has 0 saturated heterocycles. The van der Waals surface area contributed by atoms with Crippen LogP contribution >= 0.6 is 15.9 Å². The van der Waals surface area contributed by atoms with Gasteiger partial charge in [-0.05, 0) is 19.3 Å². The third-order valence-corrected chi connectivity index (χ3v) is 4.99. The van der Waals surface area contributed by atoms with Gasteiger partial charge in [0.2, 0.25) is 0 Å². The van der Waals surface area contributed by atoms with Crippen LogP contribution in [0.5, 0.6) is 0 Å². The number of halogens is 4. The van der Waals surface area contributed by atoms with E-state index in [4.69, 9.17) is 4.74 Å². The molecule has 0 heterocycles. The minimum Gasteiger partial charge on any atom is -0.377 e. The average Bonchev–Trinajstić information content (AvgIpc) is 2.17. The van der Waals surface area contributed by atoms with Gasteiger partial charge in [0.25, 0.3) is 0 Å². The number of alkyl halides is 4. The van der Waals surface area contributed by atoms with Gasteiger partial charge in [0.15, 0.2) is 0 Å². The molecule has 1 nitrogen and oxygen atoms in total. The van der Waals surface area contributed by atoms with Crippen molar-refractivity contribution in [3.05, 3.63) is 0 Å². The molecule has 2 unspecified atom stereocenters. The van der Waals surface area contributed by atoms with Crippen LogP contribution in [-0.4, -0.2) is 23.7 Å². The van der Waals surface area contributed by atoms with E-state index in [2.05, 4.69) is 29.8 Å². The van der Waals surface area contributed by atoms with Crippen molar-refractivity contribution in [3.63, 3.8) is 0 Å². The smallest absolute Gasteiger partial charge is 0.377 e. The van der Waals surface area contributed by atoms with Crippen molar-refractivity contribution in [2.24, 2.45) is 5.41 Å². The molecule has 0 N–H and O–H groups in total. The van der Waals surface area contributed by atoms with Gasteiger partial charge in [-0.2, -0.15) is 13.2 Å². The molecule has 0 aromatic rings. The molecule has 0 aliphatic heterocycles. The zero-order valence-corrected chi connectivity index (χ0v) is 11.2. The van der Waals surface area contributed by atoms with E-state index < -0.39 is 12.6 Å². The monoisotopic (exact) mass is 302 g/mol. The molecule has 1 rings (SSSR count). The van der Waals surface area contributed by atoms with Crippen molar-refractivity contribution in [2.45, 2.75) is 56.6 Å². The Hall–Kier alpha value is 0.230. The third-order valence-electron chi connectivity index (χ3n) is 3.71. The summed E-state index contributed by atoms with van der Waals surface area (Å²) in [6.07, 6.45) is -2.28. The summed E-state index contributed by atoms with van der Waals surface area (Å²) in [6, 6.07) is 0. The second-order valence-electron chi connectivity index (χ2n) is 4.37. The minimum absolute atomic E-state index is 0.0192. The maximum Gasteiger partial charge on any atom is 0.391 e. The average molecular weight is 303 g/mol. The van der Waals surface area contributed by atoms with Gasteiger partial charge in [-0.15, -0.1) is 0 Å². The summed E-state index contributed by atoms with van der Waals surface area (Å²) in [5, 5.41) is 0. The second kappa shape index (κ2) is 5.25. The molecule has 0 aromatic carbocycles. The highest BCUT2D eigenvalue weighted by Crippen LogP contribution is 2.52. The summed E-state index contributed by atoms with van der Waals surface area (Å²) < 4.78 is 41.3. The van der Waals surface area contributed by atoms with Gasteiger partial charge >= 0.3 is 6.18 Å². The maximum atomic E-state index is 12.0. The summed E-state index contributed by atoms with van der Waals surface area (Å²) in [5.41, 5.74) is 0.0333. The summed E-state index contributed by atoms with van der Waals surface area (Å²) in [6.45, 7) is 3.92.